The standard InChI is InChI=1S/C24H31N3O3S/c1-19-11-13-22(14-12-19)31(29,30)26-17-20(2)27(24(26)21-9-5-3-6-10-21)23(28)18-25-15-7-4-8-16-25/h3,5-6,9-14,20,24H,4,7-8,15-18H2,1-2H3/t20-,24-/m0/s1. The fraction of sp³-hybridized carbons (Fsp3) is 0.458. The van der Waals surface area contributed by atoms with Gasteiger partial charge in [-0.3, -0.25) is 9.69 Å². The Balaban J connectivity index is 1.68. The summed E-state index contributed by atoms with van der Waals surface area (Å²) in [6.45, 7) is 6.34. The Hall–Kier alpha value is -2.22. The van der Waals surface area contributed by atoms with Crippen molar-refractivity contribution in [3.8, 4) is 0 Å². The lowest BCUT2D eigenvalue weighted by atomic mass is 10.1. The number of likely N-dealkylation sites (tertiary alicyclic amines) is 1. The molecule has 2 atom stereocenters. The van der Waals surface area contributed by atoms with Gasteiger partial charge in [-0.05, 0) is 57.5 Å². The zero-order valence-corrected chi connectivity index (χ0v) is 19.1. The zero-order chi connectivity index (χ0) is 22.0. The molecule has 2 aliphatic rings. The number of carbonyl (C=O) groups excluding carboxylic acids is 1. The molecule has 2 aliphatic heterocycles. The fourth-order valence-electron chi connectivity index (χ4n) is 4.63. The molecule has 31 heavy (non-hydrogen) atoms. The number of hydrogen-bond donors (Lipinski definition) is 0. The third kappa shape index (κ3) is 4.54. The summed E-state index contributed by atoms with van der Waals surface area (Å²) in [7, 11) is -3.76. The van der Waals surface area contributed by atoms with E-state index in [2.05, 4.69) is 4.90 Å². The molecular formula is C24H31N3O3S. The van der Waals surface area contributed by atoms with Crippen LogP contribution in [0, 0.1) is 6.92 Å². The molecule has 0 unspecified atom stereocenters. The first-order chi connectivity index (χ1) is 14.9. The van der Waals surface area contributed by atoms with Crippen molar-refractivity contribution < 1.29 is 13.2 Å². The van der Waals surface area contributed by atoms with E-state index in [1.54, 1.807) is 17.0 Å². The van der Waals surface area contributed by atoms with Crippen molar-refractivity contribution in [2.45, 2.75) is 50.2 Å². The Morgan fingerprint density at radius 2 is 1.61 bits per heavy atom. The largest absolute Gasteiger partial charge is 0.317 e. The summed E-state index contributed by atoms with van der Waals surface area (Å²) in [5.74, 6) is -0.00939. The normalized spacial score (nSPS) is 23.2. The van der Waals surface area contributed by atoms with E-state index in [0.717, 1.165) is 37.1 Å². The van der Waals surface area contributed by atoms with Crippen molar-refractivity contribution >= 4 is 15.9 Å². The average Bonchev–Trinajstić information content (AvgIpc) is 3.13. The molecule has 2 fully saturated rings. The quantitative estimate of drug-likeness (QED) is 0.714. The van der Waals surface area contributed by atoms with Gasteiger partial charge in [0.25, 0.3) is 0 Å². The molecule has 0 saturated carbocycles. The Labute approximate surface area is 185 Å². The van der Waals surface area contributed by atoms with Crippen LogP contribution in [-0.4, -0.2) is 60.7 Å². The number of hydrogen-bond acceptors (Lipinski definition) is 4. The van der Waals surface area contributed by atoms with Crippen LogP contribution >= 0.6 is 0 Å². The molecule has 2 aromatic carbocycles. The van der Waals surface area contributed by atoms with Crippen LogP contribution in [0.15, 0.2) is 59.5 Å². The van der Waals surface area contributed by atoms with Crippen molar-refractivity contribution in [2.24, 2.45) is 0 Å². The predicted octanol–water partition coefficient (Wildman–Crippen LogP) is 3.40. The molecule has 0 N–H and O–H groups in total. The van der Waals surface area contributed by atoms with E-state index in [9.17, 15) is 13.2 Å². The van der Waals surface area contributed by atoms with Crippen molar-refractivity contribution in [1.29, 1.82) is 0 Å². The predicted molar refractivity (Wildman–Crippen MR) is 121 cm³/mol. The lowest BCUT2D eigenvalue weighted by molar-refractivity contribution is -0.136. The maximum Gasteiger partial charge on any atom is 0.245 e. The average molecular weight is 442 g/mol. The molecule has 0 radical (unpaired) electrons. The van der Waals surface area contributed by atoms with Gasteiger partial charge < -0.3 is 4.90 Å². The summed E-state index contributed by atoms with van der Waals surface area (Å²) in [4.78, 5) is 17.7. The highest BCUT2D eigenvalue weighted by Crippen LogP contribution is 2.38. The molecule has 4 rings (SSSR count). The number of amides is 1. The lowest BCUT2D eigenvalue weighted by Gasteiger charge is -2.34. The second-order valence-electron chi connectivity index (χ2n) is 8.66. The Morgan fingerprint density at radius 3 is 2.26 bits per heavy atom. The van der Waals surface area contributed by atoms with Gasteiger partial charge in [-0.2, -0.15) is 4.31 Å². The van der Waals surface area contributed by atoms with E-state index >= 15 is 0 Å². The summed E-state index contributed by atoms with van der Waals surface area (Å²) in [6, 6.07) is 16.2. The van der Waals surface area contributed by atoms with Crippen LogP contribution in [0.4, 0.5) is 0 Å². The van der Waals surface area contributed by atoms with Crippen molar-refractivity contribution in [3.05, 3.63) is 65.7 Å². The lowest BCUT2D eigenvalue weighted by Crippen LogP contribution is -2.45. The number of rotatable bonds is 5. The van der Waals surface area contributed by atoms with Crippen molar-refractivity contribution in [1.82, 2.24) is 14.1 Å². The molecule has 0 aromatic heterocycles. The van der Waals surface area contributed by atoms with Gasteiger partial charge in [0.1, 0.15) is 6.17 Å². The van der Waals surface area contributed by atoms with Crippen molar-refractivity contribution in [3.63, 3.8) is 0 Å². The minimum absolute atomic E-state index is 0.00939. The van der Waals surface area contributed by atoms with E-state index in [-0.39, 0.29) is 23.4 Å². The van der Waals surface area contributed by atoms with Gasteiger partial charge in [-0.25, -0.2) is 8.42 Å². The minimum atomic E-state index is -3.76. The van der Waals surface area contributed by atoms with E-state index in [4.69, 9.17) is 0 Å². The molecule has 1 amide bonds. The van der Waals surface area contributed by atoms with Crippen LogP contribution < -0.4 is 0 Å². The van der Waals surface area contributed by atoms with Crippen LogP contribution in [0.5, 0.6) is 0 Å². The van der Waals surface area contributed by atoms with Crippen LogP contribution in [-0.2, 0) is 14.8 Å². The number of piperidine rings is 1. The fourth-order valence-corrected chi connectivity index (χ4v) is 6.28. The van der Waals surface area contributed by atoms with Gasteiger partial charge in [0, 0.05) is 12.6 Å². The first kappa shape index (κ1) is 22.0. The molecule has 2 aromatic rings. The Morgan fingerprint density at radius 1 is 0.968 bits per heavy atom. The molecule has 0 aliphatic carbocycles. The summed E-state index contributed by atoms with van der Waals surface area (Å²) in [5.41, 5.74) is 1.82. The molecule has 2 saturated heterocycles. The Bertz CT molecular complexity index is 1000. The number of benzene rings is 2. The summed E-state index contributed by atoms with van der Waals surface area (Å²) < 4.78 is 28.7. The molecule has 7 heteroatoms. The van der Waals surface area contributed by atoms with Gasteiger partial charge in [-0.1, -0.05) is 54.4 Å². The van der Waals surface area contributed by atoms with Gasteiger partial charge in [-0.15, -0.1) is 0 Å². The molecule has 6 nitrogen and oxygen atoms in total. The molecule has 0 spiro atoms. The number of carbonyl (C=O) groups is 1. The molecule has 166 valence electrons. The summed E-state index contributed by atoms with van der Waals surface area (Å²) >= 11 is 0. The molecule has 0 bridgehead atoms. The van der Waals surface area contributed by atoms with E-state index in [1.807, 2.05) is 56.3 Å². The van der Waals surface area contributed by atoms with Gasteiger partial charge in [0.05, 0.1) is 11.4 Å². The maximum atomic E-state index is 13.6. The van der Waals surface area contributed by atoms with Crippen molar-refractivity contribution in [2.75, 3.05) is 26.2 Å². The zero-order valence-electron chi connectivity index (χ0n) is 18.3. The van der Waals surface area contributed by atoms with Crippen LogP contribution in [0.2, 0.25) is 0 Å². The number of aryl methyl sites for hydroxylation is 1. The first-order valence-corrected chi connectivity index (χ1v) is 12.5. The molecular weight excluding hydrogens is 410 g/mol. The molecule has 2 heterocycles. The third-order valence-corrected chi connectivity index (χ3v) is 8.11. The highest BCUT2D eigenvalue weighted by atomic mass is 32.2. The highest BCUT2D eigenvalue weighted by molar-refractivity contribution is 7.89. The first-order valence-electron chi connectivity index (χ1n) is 11.0. The smallest absolute Gasteiger partial charge is 0.245 e. The third-order valence-electron chi connectivity index (χ3n) is 6.28. The second kappa shape index (κ2) is 9.10. The summed E-state index contributed by atoms with van der Waals surface area (Å²) in [6.07, 6.45) is 2.79. The van der Waals surface area contributed by atoms with Crippen LogP contribution in [0.3, 0.4) is 0 Å². The summed E-state index contributed by atoms with van der Waals surface area (Å²) in [5, 5.41) is 0. The van der Waals surface area contributed by atoms with Crippen LogP contribution in [0.25, 0.3) is 0 Å². The maximum absolute atomic E-state index is 13.6. The van der Waals surface area contributed by atoms with E-state index in [0.29, 0.717) is 6.54 Å². The second-order valence-corrected chi connectivity index (χ2v) is 10.5. The minimum Gasteiger partial charge on any atom is -0.317 e. The monoisotopic (exact) mass is 441 g/mol. The topological polar surface area (TPSA) is 60.9 Å². The van der Waals surface area contributed by atoms with Gasteiger partial charge >= 0.3 is 0 Å². The van der Waals surface area contributed by atoms with Gasteiger partial charge in [0.15, 0.2) is 0 Å². The van der Waals surface area contributed by atoms with E-state index in [1.165, 1.54) is 10.7 Å². The van der Waals surface area contributed by atoms with Crippen LogP contribution in [0.1, 0.15) is 43.5 Å². The number of sulfonamides is 1. The highest BCUT2D eigenvalue weighted by Gasteiger charge is 2.47. The van der Waals surface area contributed by atoms with Gasteiger partial charge in [0.2, 0.25) is 15.9 Å². The number of nitrogens with zero attached hydrogens (tertiary/aromatic N) is 3. The SMILES string of the molecule is Cc1ccc(S(=O)(=O)N2C[C@H](C)N(C(=O)CN3CCCCC3)[C@H]2c2ccccc2)cc1. The Kier molecular flexibility index (Phi) is 6.46. The van der Waals surface area contributed by atoms with E-state index < -0.39 is 16.2 Å².